The summed E-state index contributed by atoms with van der Waals surface area (Å²) in [5, 5.41) is 11.9. The van der Waals surface area contributed by atoms with Gasteiger partial charge in [-0.1, -0.05) is 43.9 Å². The summed E-state index contributed by atoms with van der Waals surface area (Å²) in [6, 6.07) is 12.1. The zero-order valence-corrected chi connectivity index (χ0v) is 17.9. The molecule has 0 saturated heterocycles. The summed E-state index contributed by atoms with van der Waals surface area (Å²) < 4.78 is 1.93. The largest absolute Gasteiger partial charge is 0.351 e. The van der Waals surface area contributed by atoms with Gasteiger partial charge >= 0.3 is 0 Å². The Morgan fingerprint density at radius 1 is 1.13 bits per heavy atom. The molecular weight excluding hydrogens is 374 g/mol. The number of fused-ring (bicyclic) bond motifs is 1. The van der Waals surface area contributed by atoms with Crippen molar-refractivity contribution in [3.8, 4) is 0 Å². The summed E-state index contributed by atoms with van der Waals surface area (Å²) in [5.74, 6) is 1.28. The zero-order chi connectivity index (χ0) is 20.9. The zero-order valence-electron chi connectivity index (χ0n) is 17.9. The van der Waals surface area contributed by atoms with Gasteiger partial charge in [0, 0.05) is 18.8 Å². The average molecular weight is 406 g/mol. The molecule has 1 saturated carbocycles. The summed E-state index contributed by atoms with van der Waals surface area (Å²) in [7, 11) is 0. The van der Waals surface area contributed by atoms with Gasteiger partial charge in [0.05, 0.1) is 5.39 Å². The number of unbranched alkanes of at least 4 members (excludes halogenated alkanes) is 2. The van der Waals surface area contributed by atoms with Gasteiger partial charge in [-0.15, -0.1) is 0 Å². The molecule has 1 amide bonds. The fourth-order valence-corrected chi connectivity index (χ4v) is 3.78. The van der Waals surface area contributed by atoms with Crippen molar-refractivity contribution < 1.29 is 4.79 Å². The van der Waals surface area contributed by atoms with Crippen LogP contribution in [0, 0.1) is 12.8 Å². The Labute approximate surface area is 178 Å². The maximum atomic E-state index is 12.8. The highest BCUT2D eigenvalue weighted by molar-refractivity contribution is 6.04. The van der Waals surface area contributed by atoms with Crippen LogP contribution in [0.3, 0.4) is 0 Å². The number of aromatic nitrogens is 3. The van der Waals surface area contributed by atoms with Crippen molar-refractivity contribution in [2.24, 2.45) is 5.92 Å². The Kier molecular flexibility index (Phi) is 6.31. The van der Waals surface area contributed by atoms with E-state index in [2.05, 4.69) is 41.7 Å². The topological polar surface area (TPSA) is 71.8 Å². The maximum Gasteiger partial charge on any atom is 0.272 e. The van der Waals surface area contributed by atoms with E-state index in [1.54, 1.807) is 0 Å². The Morgan fingerprint density at radius 2 is 1.93 bits per heavy atom. The molecule has 0 bridgehead atoms. The molecule has 1 aromatic carbocycles. The van der Waals surface area contributed by atoms with Crippen molar-refractivity contribution in [3.05, 3.63) is 47.7 Å². The molecule has 4 rings (SSSR count). The highest BCUT2D eigenvalue weighted by Gasteiger charge is 2.23. The number of anilines is 2. The molecule has 0 atom stereocenters. The lowest BCUT2D eigenvalue weighted by atomic mass is 9.85. The minimum Gasteiger partial charge on any atom is -0.351 e. The van der Waals surface area contributed by atoms with Crippen LogP contribution in [0.1, 0.15) is 61.5 Å². The number of hydrogen-bond donors (Lipinski definition) is 2. The molecule has 3 aromatic rings. The highest BCUT2D eigenvalue weighted by atomic mass is 16.1. The Hall–Kier alpha value is -2.89. The standard InChI is InChI=1S/C24H31N5O/c1-3-4-5-15-25-24(30)22-20-13-14-21(26-19-11-9-17(2)10-12-19)27-23(20)29(28-22)16-18-7-6-8-18/h9-14,18H,3-8,15-16H2,1-2H3,(H,25,30)(H,26,27). The van der Waals surface area contributed by atoms with Crippen molar-refractivity contribution >= 4 is 28.4 Å². The van der Waals surface area contributed by atoms with E-state index >= 15 is 0 Å². The fourth-order valence-electron chi connectivity index (χ4n) is 3.78. The van der Waals surface area contributed by atoms with Crippen molar-refractivity contribution in [1.29, 1.82) is 0 Å². The van der Waals surface area contributed by atoms with Crippen LogP contribution in [-0.4, -0.2) is 27.2 Å². The van der Waals surface area contributed by atoms with Gasteiger partial charge in [0.25, 0.3) is 5.91 Å². The van der Waals surface area contributed by atoms with E-state index in [1.807, 2.05) is 28.9 Å². The first-order chi connectivity index (χ1) is 14.6. The van der Waals surface area contributed by atoms with Gasteiger partial charge in [0.2, 0.25) is 0 Å². The van der Waals surface area contributed by atoms with E-state index < -0.39 is 0 Å². The molecule has 2 aromatic heterocycles. The van der Waals surface area contributed by atoms with Crippen molar-refractivity contribution in [2.75, 3.05) is 11.9 Å². The number of pyridine rings is 1. The number of amides is 1. The lowest BCUT2D eigenvalue weighted by Crippen LogP contribution is -2.25. The number of nitrogens with zero attached hydrogens (tertiary/aromatic N) is 3. The molecule has 0 spiro atoms. The third-order valence-electron chi connectivity index (χ3n) is 5.86. The van der Waals surface area contributed by atoms with Gasteiger partial charge in [-0.25, -0.2) is 9.67 Å². The van der Waals surface area contributed by atoms with Gasteiger partial charge in [0.15, 0.2) is 11.3 Å². The second kappa shape index (κ2) is 9.28. The molecule has 1 fully saturated rings. The number of aryl methyl sites for hydroxylation is 1. The number of carbonyl (C=O) groups is 1. The van der Waals surface area contributed by atoms with E-state index in [9.17, 15) is 4.79 Å². The third kappa shape index (κ3) is 4.64. The molecule has 2 N–H and O–H groups in total. The fraction of sp³-hybridized carbons (Fsp3) is 0.458. The Bertz CT molecular complexity index is 1000. The van der Waals surface area contributed by atoms with Gasteiger partial charge in [-0.3, -0.25) is 4.79 Å². The summed E-state index contributed by atoms with van der Waals surface area (Å²) >= 11 is 0. The van der Waals surface area contributed by atoms with Crippen LogP contribution in [0.2, 0.25) is 0 Å². The normalized spacial score (nSPS) is 13.9. The highest BCUT2D eigenvalue weighted by Crippen LogP contribution is 2.30. The quantitative estimate of drug-likeness (QED) is 0.480. The van der Waals surface area contributed by atoms with Crippen LogP contribution in [-0.2, 0) is 6.54 Å². The maximum absolute atomic E-state index is 12.8. The molecule has 0 radical (unpaired) electrons. The second-order valence-corrected chi connectivity index (χ2v) is 8.35. The van der Waals surface area contributed by atoms with Gasteiger partial charge < -0.3 is 10.6 Å². The predicted molar refractivity (Wildman–Crippen MR) is 121 cm³/mol. The molecule has 1 aliphatic carbocycles. The van der Waals surface area contributed by atoms with Crippen molar-refractivity contribution in [1.82, 2.24) is 20.1 Å². The molecule has 2 heterocycles. The van der Waals surface area contributed by atoms with Crippen LogP contribution in [0.15, 0.2) is 36.4 Å². The van der Waals surface area contributed by atoms with Crippen molar-refractivity contribution in [2.45, 2.75) is 58.9 Å². The van der Waals surface area contributed by atoms with Gasteiger partial charge in [-0.05, 0) is 56.4 Å². The van der Waals surface area contributed by atoms with Crippen LogP contribution >= 0.6 is 0 Å². The lowest BCUT2D eigenvalue weighted by Gasteiger charge is -2.25. The first kappa shape index (κ1) is 20.4. The average Bonchev–Trinajstić information content (AvgIpc) is 3.07. The molecule has 6 nitrogen and oxygen atoms in total. The molecule has 158 valence electrons. The first-order valence-corrected chi connectivity index (χ1v) is 11.1. The van der Waals surface area contributed by atoms with Gasteiger partial charge in [-0.2, -0.15) is 5.10 Å². The number of rotatable bonds is 9. The smallest absolute Gasteiger partial charge is 0.272 e. The Morgan fingerprint density at radius 3 is 2.63 bits per heavy atom. The monoisotopic (exact) mass is 405 g/mol. The Balaban J connectivity index is 1.60. The molecule has 6 heteroatoms. The van der Waals surface area contributed by atoms with E-state index in [0.29, 0.717) is 18.2 Å². The summed E-state index contributed by atoms with van der Waals surface area (Å²) in [4.78, 5) is 17.6. The molecule has 1 aliphatic rings. The third-order valence-corrected chi connectivity index (χ3v) is 5.86. The molecule has 30 heavy (non-hydrogen) atoms. The number of nitrogens with one attached hydrogen (secondary N) is 2. The number of carbonyl (C=O) groups excluding carboxylic acids is 1. The molecule has 0 aliphatic heterocycles. The van der Waals surface area contributed by atoms with E-state index in [1.165, 1.54) is 24.8 Å². The van der Waals surface area contributed by atoms with Crippen LogP contribution in [0.4, 0.5) is 11.5 Å². The minimum absolute atomic E-state index is 0.107. The first-order valence-electron chi connectivity index (χ1n) is 11.1. The van der Waals surface area contributed by atoms with Crippen LogP contribution in [0.25, 0.3) is 11.0 Å². The van der Waals surface area contributed by atoms with Crippen LogP contribution in [0.5, 0.6) is 0 Å². The van der Waals surface area contributed by atoms with E-state index in [4.69, 9.17) is 4.98 Å². The number of benzene rings is 1. The molecule has 0 unspecified atom stereocenters. The summed E-state index contributed by atoms with van der Waals surface area (Å²) in [6.45, 7) is 5.73. The number of hydrogen-bond acceptors (Lipinski definition) is 4. The van der Waals surface area contributed by atoms with E-state index in [-0.39, 0.29) is 5.91 Å². The lowest BCUT2D eigenvalue weighted by molar-refractivity contribution is 0.0948. The summed E-state index contributed by atoms with van der Waals surface area (Å²) in [6.07, 6.45) is 6.97. The van der Waals surface area contributed by atoms with E-state index in [0.717, 1.165) is 48.3 Å². The van der Waals surface area contributed by atoms with Gasteiger partial charge in [0.1, 0.15) is 5.82 Å². The minimum atomic E-state index is -0.107. The van der Waals surface area contributed by atoms with Crippen LogP contribution < -0.4 is 10.6 Å². The van der Waals surface area contributed by atoms with Crippen molar-refractivity contribution in [3.63, 3.8) is 0 Å². The predicted octanol–water partition coefficient (Wildman–Crippen LogP) is 5.20. The molecular formula is C24H31N5O. The second-order valence-electron chi connectivity index (χ2n) is 8.35. The SMILES string of the molecule is CCCCCNC(=O)c1nn(CC2CCC2)c2nc(Nc3ccc(C)cc3)ccc12. The summed E-state index contributed by atoms with van der Waals surface area (Å²) in [5.41, 5.74) is 3.47.